The second kappa shape index (κ2) is 20.3. The highest BCUT2D eigenvalue weighted by atomic mass is 14.9. The van der Waals surface area contributed by atoms with Crippen LogP contribution in [0.2, 0.25) is 0 Å². The van der Waals surface area contributed by atoms with Crippen LogP contribution in [-0.2, 0) is 13.0 Å². The molecule has 2 aromatic carbocycles. The van der Waals surface area contributed by atoms with Crippen LogP contribution < -0.4 is 5.32 Å². The van der Waals surface area contributed by atoms with E-state index in [0.29, 0.717) is 0 Å². The summed E-state index contributed by atoms with van der Waals surface area (Å²) in [7, 11) is 0. The SMILES string of the molecule is C=C(C)NCc1ccc(C)c(C)c1.CCCC.CCCC.CCc1ccc(C)cc1. The van der Waals surface area contributed by atoms with Gasteiger partial charge in [0.2, 0.25) is 0 Å². The van der Waals surface area contributed by atoms with Crippen LogP contribution in [0.15, 0.2) is 54.7 Å². The van der Waals surface area contributed by atoms with Gasteiger partial charge in [-0.05, 0) is 56.4 Å². The molecule has 0 unspecified atom stereocenters. The molecule has 0 bridgehead atoms. The summed E-state index contributed by atoms with van der Waals surface area (Å²) < 4.78 is 0. The number of benzene rings is 2. The molecule has 2 aromatic rings. The van der Waals surface area contributed by atoms with Gasteiger partial charge in [0, 0.05) is 12.2 Å². The molecule has 0 aliphatic rings. The molecule has 30 heavy (non-hydrogen) atoms. The summed E-state index contributed by atoms with van der Waals surface area (Å²) in [6.45, 7) is 23.9. The topological polar surface area (TPSA) is 12.0 Å². The average Bonchev–Trinajstić information content (AvgIpc) is 2.76. The minimum atomic E-state index is 0.871. The first-order valence-corrected chi connectivity index (χ1v) is 11.8. The van der Waals surface area contributed by atoms with Crippen molar-refractivity contribution in [3.63, 3.8) is 0 Å². The zero-order valence-electron chi connectivity index (χ0n) is 21.5. The first-order chi connectivity index (χ1) is 14.2. The Hall–Kier alpha value is -2.02. The van der Waals surface area contributed by atoms with E-state index in [4.69, 9.17) is 0 Å². The number of hydrogen-bond acceptors (Lipinski definition) is 1. The van der Waals surface area contributed by atoms with E-state index in [1.807, 2.05) is 6.92 Å². The van der Waals surface area contributed by atoms with Gasteiger partial charge in [-0.3, -0.25) is 0 Å². The smallest absolute Gasteiger partial charge is 0.0397 e. The lowest BCUT2D eigenvalue weighted by Gasteiger charge is -2.07. The van der Waals surface area contributed by atoms with Gasteiger partial charge in [-0.2, -0.15) is 0 Å². The molecule has 0 aliphatic carbocycles. The lowest BCUT2D eigenvalue weighted by molar-refractivity contribution is 0.814. The Kier molecular flexibility index (Phi) is 20.4. The van der Waals surface area contributed by atoms with Crippen LogP contribution in [0, 0.1) is 20.8 Å². The first kappa shape index (κ1) is 30.2. The predicted molar refractivity (Wildman–Crippen MR) is 139 cm³/mol. The summed E-state index contributed by atoms with van der Waals surface area (Å²) in [5.41, 5.74) is 7.78. The number of allylic oxidation sites excluding steroid dienone is 1. The molecule has 1 nitrogen and oxygen atoms in total. The highest BCUT2D eigenvalue weighted by Crippen LogP contribution is 2.09. The normalized spacial score (nSPS) is 9.10. The second-order valence-corrected chi connectivity index (χ2v) is 7.89. The Balaban J connectivity index is 0. The van der Waals surface area contributed by atoms with E-state index in [0.717, 1.165) is 18.7 Å². The fourth-order valence-electron chi connectivity index (χ4n) is 1.99. The minimum absolute atomic E-state index is 0.871. The van der Waals surface area contributed by atoms with E-state index < -0.39 is 0 Å². The van der Waals surface area contributed by atoms with Gasteiger partial charge in [0.05, 0.1) is 0 Å². The van der Waals surface area contributed by atoms with Crippen molar-refractivity contribution in [2.45, 2.75) is 101 Å². The van der Waals surface area contributed by atoms with E-state index in [1.165, 1.54) is 53.5 Å². The monoisotopic (exact) mass is 411 g/mol. The van der Waals surface area contributed by atoms with Gasteiger partial charge in [-0.15, -0.1) is 0 Å². The lowest BCUT2D eigenvalue weighted by atomic mass is 10.1. The molecule has 0 fully saturated rings. The van der Waals surface area contributed by atoms with E-state index in [2.05, 4.69) is 110 Å². The third kappa shape index (κ3) is 18.0. The Morgan fingerprint density at radius 2 is 1.17 bits per heavy atom. The van der Waals surface area contributed by atoms with Gasteiger partial charge in [-0.1, -0.05) is 115 Å². The Morgan fingerprint density at radius 1 is 0.700 bits per heavy atom. The number of unbranched alkanes of at least 4 members (excludes halogenated alkanes) is 2. The van der Waals surface area contributed by atoms with Crippen LogP contribution >= 0.6 is 0 Å². The quantitative estimate of drug-likeness (QED) is 0.499. The summed E-state index contributed by atoms with van der Waals surface area (Å²) in [4.78, 5) is 0. The molecule has 0 heterocycles. The van der Waals surface area contributed by atoms with Crippen LogP contribution in [0.1, 0.15) is 95.0 Å². The highest BCUT2D eigenvalue weighted by molar-refractivity contribution is 5.30. The van der Waals surface area contributed by atoms with Crippen LogP contribution in [-0.4, -0.2) is 0 Å². The standard InChI is InChI=1S/C12H17N.C9H12.2C4H10/c1-9(2)13-8-12-6-5-10(3)11(4)7-12;1-3-9-6-4-8(2)5-7-9;2*1-3-4-2/h5-7,13H,1,8H2,2-4H3;4-7H,3H2,1-2H3;2*3-4H2,1-2H3. The van der Waals surface area contributed by atoms with Gasteiger partial charge >= 0.3 is 0 Å². The molecule has 0 saturated heterocycles. The molecule has 0 aliphatic heterocycles. The van der Waals surface area contributed by atoms with E-state index in [1.54, 1.807) is 0 Å². The molecule has 2 rings (SSSR count). The maximum atomic E-state index is 3.80. The molecule has 0 aromatic heterocycles. The van der Waals surface area contributed by atoms with Crippen molar-refractivity contribution in [2.75, 3.05) is 0 Å². The summed E-state index contributed by atoms with van der Waals surface area (Å²) in [6, 6.07) is 15.2. The van der Waals surface area contributed by atoms with Crippen molar-refractivity contribution >= 4 is 0 Å². The number of hydrogen-bond donors (Lipinski definition) is 1. The molecule has 0 radical (unpaired) electrons. The Morgan fingerprint density at radius 3 is 1.53 bits per heavy atom. The molecule has 0 atom stereocenters. The highest BCUT2D eigenvalue weighted by Gasteiger charge is 1.95. The Labute approximate surface area is 189 Å². The maximum absolute atomic E-state index is 3.80. The lowest BCUT2D eigenvalue weighted by Crippen LogP contribution is -2.09. The number of rotatable bonds is 6. The third-order valence-electron chi connectivity index (χ3n) is 4.69. The van der Waals surface area contributed by atoms with Gasteiger partial charge in [0.25, 0.3) is 0 Å². The van der Waals surface area contributed by atoms with Crippen molar-refractivity contribution in [2.24, 2.45) is 0 Å². The first-order valence-electron chi connectivity index (χ1n) is 11.8. The third-order valence-corrected chi connectivity index (χ3v) is 4.69. The zero-order chi connectivity index (χ0) is 23.4. The largest absolute Gasteiger partial charge is 0.385 e. The van der Waals surface area contributed by atoms with E-state index >= 15 is 0 Å². The number of nitrogens with one attached hydrogen (secondary N) is 1. The fourth-order valence-corrected chi connectivity index (χ4v) is 1.99. The molecular weight excluding hydrogens is 362 g/mol. The van der Waals surface area contributed by atoms with E-state index in [-0.39, 0.29) is 0 Å². The van der Waals surface area contributed by atoms with Crippen LogP contribution in [0.5, 0.6) is 0 Å². The van der Waals surface area contributed by atoms with Crippen molar-refractivity contribution in [3.8, 4) is 0 Å². The molecule has 0 spiro atoms. The van der Waals surface area contributed by atoms with Gasteiger partial charge in [-0.25, -0.2) is 0 Å². The van der Waals surface area contributed by atoms with Crippen LogP contribution in [0.4, 0.5) is 0 Å². The van der Waals surface area contributed by atoms with Crippen molar-refractivity contribution in [1.82, 2.24) is 5.32 Å². The molecule has 0 saturated carbocycles. The van der Waals surface area contributed by atoms with Crippen LogP contribution in [0.3, 0.4) is 0 Å². The summed E-state index contributed by atoms with van der Waals surface area (Å²) in [6.07, 6.45) is 6.42. The number of aryl methyl sites for hydroxylation is 4. The zero-order valence-corrected chi connectivity index (χ0v) is 21.5. The Bertz CT molecular complexity index is 645. The van der Waals surface area contributed by atoms with Gasteiger partial charge < -0.3 is 5.32 Å². The van der Waals surface area contributed by atoms with E-state index in [9.17, 15) is 0 Å². The van der Waals surface area contributed by atoms with Gasteiger partial charge in [0.15, 0.2) is 0 Å². The summed E-state index contributed by atoms with van der Waals surface area (Å²) in [5, 5.41) is 3.21. The maximum Gasteiger partial charge on any atom is 0.0397 e. The second-order valence-electron chi connectivity index (χ2n) is 7.89. The molecule has 170 valence electrons. The summed E-state index contributed by atoms with van der Waals surface area (Å²) >= 11 is 0. The van der Waals surface area contributed by atoms with Crippen molar-refractivity contribution in [1.29, 1.82) is 0 Å². The van der Waals surface area contributed by atoms with Gasteiger partial charge in [0.1, 0.15) is 0 Å². The van der Waals surface area contributed by atoms with Crippen LogP contribution in [0.25, 0.3) is 0 Å². The minimum Gasteiger partial charge on any atom is -0.385 e. The fraction of sp³-hybridized carbons (Fsp3) is 0.517. The molecular formula is C29H49N. The average molecular weight is 412 g/mol. The molecule has 0 amide bonds. The van der Waals surface area contributed by atoms with Crippen molar-refractivity contribution < 1.29 is 0 Å². The molecule has 1 N–H and O–H groups in total. The summed E-state index contributed by atoms with van der Waals surface area (Å²) in [5.74, 6) is 0. The predicted octanol–water partition coefficient (Wildman–Crippen LogP) is 9.10. The van der Waals surface area contributed by atoms with Crippen molar-refractivity contribution in [3.05, 3.63) is 82.6 Å². The molecule has 1 heteroatoms.